The van der Waals surface area contributed by atoms with Crippen LogP contribution in [0.1, 0.15) is 165 Å². The Morgan fingerprint density at radius 1 is 0.774 bits per heavy atom. The van der Waals surface area contributed by atoms with Gasteiger partial charge in [-0.1, -0.05) is 197 Å². The summed E-state index contributed by atoms with van der Waals surface area (Å²) in [7, 11) is 3.88. The standard InChI is InChI=1S/C17H28N2.C13H18.C10H12.C5H11N.C5H12.C4H6.C3H6.C2H6/c1-14(19-15(2)17(3,4)18-5)10-9-13-16-11-7-6-8-12-16;1-3-8-12(9-4-2)13-10-6-5-7-11-13;1-3-9(2)10-7-5-4-6-8-10;1-4-5(2)6-3;1-5(2,3)4;1-3-4-2;1-3-2;1-2/h6-8,11-12,14,18-19H,2,9-10,13H2,1,3-5H3;5-8,10-11H,3-4,9H2,1-2H3;3-9H,1H2,2H3;4,6H,1-3H3;1-4H3;4H,1H2,2H3;3H,1H2,2H3;1-2H3/b;12-8+;;5-4-;;;;. The zero-order chi connectivity index (χ0) is 48.8. The molecule has 0 aliphatic rings. The largest absolute Gasteiger partial charge is 0.392 e. The van der Waals surface area contributed by atoms with E-state index in [1.807, 2.05) is 73.9 Å². The van der Waals surface area contributed by atoms with Crippen LogP contribution in [0.3, 0.4) is 0 Å². The first-order valence-corrected chi connectivity index (χ1v) is 23.1. The van der Waals surface area contributed by atoms with Crippen molar-refractivity contribution in [1.82, 2.24) is 16.0 Å². The first kappa shape index (κ1) is 66.5. The summed E-state index contributed by atoms with van der Waals surface area (Å²) in [5, 5.41) is 9.74. The van der Waals surface area contributed by atoms with E-state index in [2.05, 4.69) is 208 Å². The Morgan fingerprint density at radius 3 is 1.55 bits per heavy atom. The molecule has 0 spiro atoms. The molecule has 3 heteroatoms. The second-order valence-corrected chi connectivity index (χ2v) is 16.6. The normalized spacial score (nSPS) is 11.1. The number of likely N-dealkylation sites (N-methyl/N-ethyl adjacent to an activating group) is 1. The first-order chi connectivity index (χ1) is 29.3. The number of hydrogen-bond acceptors (Lipinski definition) is 3. The van der Waals surface area contributed by atoms with Crippen LogP contribution >= 0.6 is 0 Å². The first-order valence-electron chi connectivity index (χ1n) is 23.1. The number of rotatable bonds is 15. The highest BCUT2D eigenvalue weighted by atomic mass is 15.0. The highest BCUT2D eigenvalue weighted by Gasteiger charge is 2.20. The fraction of sp³-hybridized carbons (Fsp3) is 0.475. The molecular formula is C59H99N3. The van der Waals surface area contributed by atoms with E-state index in [1.54, 1.807) is 12.2 Å². The lowest BCUT2D eigenvalue weighted by molar-refractivity contribution is 0.430. The molecule has 3 aromatic carbocycles. The van der Waals surface area contributed by atoms with E-state index in [0.29, 0.717) is 17.4 Å². The molecule has 0 radical (unpaired) electrons. The number of benzene rings is 3. The maximum atomic E-state index is 4.13. The second kappa shape index (κ2) is 46.0. The molecule has 350 valence electrons. The van der Waals surface area contributed by atoms with Gasteiger partial charge in [-0.25, -0.2) is 0 Å². The van der Waals surface area contributed by atoms with Crippen LogP contribution in [0.25, 0.3) is 5.57 Å². The van der Waals surface area contributed by atoms with E-state index in [4.69, 9.17) is 0 Å². The lowest BCUT2D eigenvalue weighted by Gasteiger charge is -2.30. The zero-order valence-corrected chi connectivity index (χ0v) is 43.8. The predicted octanol–water partition coefficient (Wildman–Crippen LogP) is 17.5. The fourth-order valence-electron chi connectivity index (χ4n) is 4.53. The third-order valence-electron chi connectivity index (χ3n) is 8.57. The summed E-state index contributed by atoms with van der Waals surface area (Å²) >= 11 is 0. The maximum Gasteiger partial charge on any atom is 0.0517 e. The van der Waals surface area contributed by atoms with Crippen molar-refractivity contribution in [3.8, 4) is 0 Å². The molecule has 3 N–H and O–H groups in total. The van der Waals surface area contributed by atoms with Gasteiger partial charge in [0.25, 0.3) is 0 Å². The molecule has 0 amide bonds. The van der Waals surface area contributed by atoms with Crippen LogP contribution in [0.15, 0.2) is 165 Å². The molecule has 0 fully saturated rings. The van der Waals surface area contributed by atoms with E-state index >= 15 is 0 Å². The Kier molecular flexibility index (Phi) is 49.3. The highest BCUT2D eigenvalue weighted by molar-refractivity contribution is 5.65. The molecule has 3 nitrogen and oxygen atoms in total. The van der Waals surface area contributed by atoms with Crippen molar-refractivity contribution < 1.29 is 0 Å². The van der Waals surface area contributed by atoms with Crippen molar-refractivity contribution in [3.63, 3.8) is 0 Å². The van der Waals surface area contributed by atoms with Crippen LogP contribution in [-0.2, 0) is 6.42 Å². The van der Waals surface area contributed by atoms with Crippen LogP contribution in [0.5, 0.6) is 0 Å². The van der Waals surface area contributed by atoms with Gasteiger partial charge in [0.2, 0.25) is 0 Å². The lowest BCUT2D eigenvalue weighted by atomic mass is 10.00. The Bertz CT molecular complexity index is 1530. The summed E-state index contributed by atoms with van der Waals surface area (Å²) in [6, 6.07) is 32.2. The molecular weight excluding hydrogens is 751 g/mol. The van der Waals surface area contributed by atoms with Gasteiger partial charge in [0.15, 0.2) is 0 Å². The van der Waals surface area contributed by atoms with Gasteiger partial charge >= 0.3 is 0 Å². The van der Waals surface area contributed by atoms with E-state index in [-0.39, 0.29) is 5.54 Å². The van der Waals surface area contributed by atoms with Gasteiger partial charge < -0.3 is 16.0 Å². The Balaban J connectivity index is -0.000000221. The molecule has 0 aliphatic heterocycles. The minimum Gasteiger partial charge on any atom is -0.392 e. The van der Waals surface area contributed by atoms with Crippen molar-refractivity contribution in [3.05, 3.63) is 182 Å². The molecule has 0 saturated heterocycles. The minimum atomic E-state index is -0.0618. The summed E-state index contributed by atoms with van der Waals surface area (Å²) < 4.78 is 0. The number of allylic oxidation sites excluding steroid dienone is 7. The number of hydrogen-bond donors (Lipinski definition) is 3. The zero-order valence-electron chi connectivity index (χ0n) is 43.8. The maximum absolute atomic E-state index is 4.13. The van der Waals surface area contributed by atoms with Gasteiger partial charge in [-0.3, -0.25) is 0 Å². The molecule has 0 aromatic heterocycles. The molecule has 2 unspecified atom stereocenters. The van der Waals surface area contributed by atoms with Crippen molar-refractivity contribution in [2.24, 2.45) is 5.41 Å². The van der Waals surface area contributed by atoms with E-state index in [0.717, 1.165) is 25.0 Å². The summed E-state index contributed by atoms with van der Waals surface area (Å²) in [5.41, 5.74) is 10.9. The second-order valence-electron chi connectivity index (χ2n) is 16.6. The fourth-order valence-corrected chi connectivity index (χ4v) is 4.53. The minimum absolute atomic E-state index is 0.0618. The monoisotopic (exact) mass is 850 g/mol. The summed E-state index contributed by atoms with van der Waals surface area (Å²) in [5.74, 6) is 0.473. The molecule has 62 heavy (non-hydrogen) atoms. The Morgan fingerprint density at radius 2 is 1.21 bits per heavy atom. The average Bonchev–Trinajstić information content (AvgIpc) is 3.27. The molecule has 0 bridgehead atoms. The van der Waals surface area contributed by atoms with Crippen LogP contribution in [0.2, 0.25) is 0 Å². The SMILES string of the molecule is C/C=C(/C)NC.C=C(NC(C)CCCc1ccccc1)C(C)(C)NC.C=C=CC.C=CC.C=CC(C)c1ccccc1.CC.CC(C)(C)C.CC/C=C(\CCC)c1ccccc1. The third-order valence-corrected chi connectivity index (χ3v) is 8.57. The van der Waals surface area contributed by atoms with Crippen LogP contribution in [0, 0.1) is 5.41 Å². The van der Waals surface area contributed by atoms with Gasteiger partial charge in [-0.2, -0.15) is 0 Å². The van der Waals surface area contributed by atoms with Gasteiger partial charge in [0.05, 0.1) is 5.54 Å². The smallest absolute Gasteiger partial charge is 0.0517 e. The summed E-state index contributed by atoms with van der Waals surface area (Å²) in [4.78, 5) is 0. The summed E-state index contributed by atoms with van der Waals surface area (Å²) in [6.45, 7) is 48.1. The molecule has 0 saturated carbocycles. The molecule has 0 aliphatic carbocycles. The van der Waals surface area contributed by atoms with E-state index in [9.17, 15) is 0 Å². The third kappa shape index (κ3) is 46.5. The molecule has 3 rings (SSSR count). The molecule has 2 atom stereocenters. The van der Waals surface area contributed by atoms with E-state index < -0.39 is 0 Å². The molecule has 0 heterocycles. The average molecular weight is 850 g/mol. The quantitative estimate of drug-likeness (QED) is 0.105. The van der Waals surface area contributed by atoms with Gasteiger partial charge in [-0.15, -0.1) is 18.9 Å². The topological polar surface area (TPSA) is 36.1 Å². The van der Waals surface area contributed by atoms with E-state index in [1.165, 1.54) is 47.2 Å². The number of aryl methyl sites for hydroxylation is 1. The Labute approximate surface area is 387 Å². The summed E-state index contributed by atoms with van der Waals surface area (Å²) in [6.07, 6.45) is 16.9. The van der Waals surface area contributed by atoms with Crippen molar-refractivity contribution in [2.75, 3.05) is 14.1 Å². The van der Waals surface area contributed by atoms with Gasteiger partial charge in [-0.05, 0) is 127 Å². The van der Waals surface area contributed by atoms with Crippen LogP contribution < -0.4 is 16.0 Å². The van der Waals surface area contributed by atoms with Crippen molar-refractivity contribution in [1.29, 1.82) is 0 Å². The predicted molar refractivity (Wildman–Crippen MR) is 289 cm³/mol. The Hall–Kier alpha value is -4.56. The lowest BCUT2D eigenvalue weighted by Crippen LogP contribution is -2.45. The van der Waals surface area contributed by atoms with Crippen LogP contribution in [-0.4, -0.2) is 25.7 Å². The van der Waals surface area contributed by atoms with Gasteiger partial charge in [0, 0.05) is 24.5 Å². The highest BCUT2D eigenvalue weighted by Crippen LogP contribution is 2.20. The van der Waals surface area contributed by atoms with Gasteiger partial charge in [0.1, 0.15) is 0 Å². The van der Waals surface area contributed by atoms with Crippen molar-refractivity contribution in [2.45, 2.75) is 167 Å². The molecule has 3 aromatic rings. The van der Waals surface area contributed by atoms with Crippen LogP contribution in [0.4, 0.5) is 0 Å². The number of nitrogens with one attached hydrogen (secondary N) is 3. The van der Waals surface area contributed by atoms with Crippen molar-refractivity contribution >= 4 is 5.57 Å².